The molecule has 0 unspecified atom stereocenters. The van der Waals surface area contributed by atoms with Gasteiger partial charge in [-0.05, 0) is 65.6 Å². The summed E-state index contributed by atoms with van der Waals surface area (Å²) in [6, 6.07) is 22.7. The molecule has 0 aromatic heterocycles. The third-order valence-electron chi connectivity index (χ3n) is 4.90. The highest BCUT2D eigenvalue weighted by Crippen LogP contribution is 2.28. The molecular weight excluding hydrogens is 304 g/mol. The zero-order valence-corrected chi connectivity index (χ0v) is 14.8. The molecule has 0 saturated heterocycles. The zero-order valence-electron chi connectivity index (χ0n) is 14.8. The van der Waals surface area contributed by atoms with Gasteiger partial charge in [-0.1, -0.05) is 60.2 Å². The number of carbonyl (C=O) groups excluding carboxylic acids is 1. The van der Waals surface area contributed by atoms with Crippen molar-refractivity contribution in [1.29, 1.82) is 0 Å². The van der Waals surface area contributed by atoms with Crippen LogP contribution in [0.25, 0.3) is 21.5 Å². The molecule has 4 aromatic rings. The van der Waals surface area contributed by atoms with Gasteiger partial charge in [-0.15, -0.1) is 0 Å². The van der Waals surface area contributed by atoms with Crippen molar-refractivity contribution in [2.75, 3.05) is 0 Å². The third-order valence-corrected chi connectivity index (χ3v) is 4.90. The van der Waals surface area contributed by atoms with Gasteiger partial charge in [-0.25, -0.2) is 0 Å². The summed E-state index contributed by atoms with van der Waals surface area (Å²) in [5.74, 6) is 0.107. The first-order valence-corrected chi connectivity index (χ1v) is 8.58. The number of fused-ring (bicyclic) bond motifs is 2. The van der Waals surface area contributed by atoms with Gasteiger partial charge in [0.25, 0.3) is 0 Å². The molecule has 4 aromatic carbocycles. The van der Waals surface area contributed by atoms with E-state index in [0.717, 1.165) is 38.4 Å². The van der Waals surface area contributed by atoms with Crippen LogP contribution in [0.2, 0.25) is 0 Å². The Morgan fingerprint density at radius 1 is 0.680 bits per heavy atom. The van der Waals surface area contributed by atoms with E-state index in [4.69, 9.17) is 0 Å². The summed E-state index contributed by atoms with van der Waals surface area (Å²) in [6.07, 6.45) is 0. The molecular formula is C24H20O. The van der Waals surface area contributed by atoms with Gasteiger partial charge in [0, 0.05) is 11.1 Å². The van der Waals surface area contributed by atoms with Gasteiger partial charge >= 0.3 is 0 Å². The zero-order chi connectivity index (χ0) is 17.6. The van der Waals surface area contributed by atoms with Gasteiger partial charge < -0.3 is 0 Å². The molecule has 0 atom stereocenters. The molecule has 0 aliphatic heterocycles. The lowest BCUT2D eigenvalue weighted by molar-refractivity contribution is 0.103. The minimum Gasteiger partial charge on any atom is -0.289 e. The molecule has 1 heteroatoms. The summed E-state index contributed by atoms with van der Waals surface area (Å²) < 4.78 is 0. The fraction of sp³-hybridized carbons (Fsp3) is 0.125. The van der Waals surface area contributed by atoms with Crippen molar-refractivity contribution in [3.05, 3.63) is 94.5 Å². The Morgan fingerprint density at radius 3 is 1.96 bits per heavy atom. The summed E-state index contributed by atoms with van der Waals surface area (Å²) in [5.41, 5.74) is 4.88. The highest BCUT2D eigenvalue weighted by atomic mass is 16.1. The molecule has 0 amide bonds. The fourth-order valence-electron chi connectivity index (χ4n) is 3.84. The van der Waals surface area contributed by atoms with Crippen LogP contribution in [-0.4, -0.2) is 5.78 Å². The highest BCUT2D eigenvalue weighted by molar-refractivity contribution is 6.19. The Hall–Kier alpha value is -2.93. The number of rotatable bonds is 2. The van der Waals surface area contributed by atoms with Gasteiger partial charge in [0.2, 0.25) is 0 Å². The smallest absolute Gasteiger partial charge is 0.194 e. The van der Waals surface area contributed by atoms with Crippen molar-refractivity contribution in [3.8, 4) is 0 Å². The van der Waals surface area contributed by atoms with Gasteiger partial charge in [0.1, 0.15) is 0 Å². The fourth-order valence-corrected chi connectivity index (χ4v) is 3.84. The molecule has 122 valence electrons. The lowest BCUT2D eigenvalue weighted by Crippen LogP contribution is -2.07. The van der Waals surface area contributed by atoms with Crippen molar-refractivity contribution in [3.63, 3.8) is 0 Å². The van der Waals surface area contributed by atoms with E-state index in [1.165, 1.54) is 10.9 Å². The number of ketones is 1. The molecule has 0 saturated carbocycles. The number of carbonyl (C=O) groups is 1. The lowest BCUT2D eigenvalue weighted by atomic mass is 9.90. The molecule has 0 heterocycles. The highest BCUT2D eigenvalue weighted by Gasteiger charge is 2.17. The van der Waals surface area contributed by atoms with E-state index >= 15 is 0 Å². The van der Waals surface area contributed by atoms with Crippen molar-refractivity contribution in [2.24, 2.45) is 0 Å². The Morgan fingerprint density at radius 2 is 1.28 bits per heavy atom. The summed E-state index contributed by atoms with van der Waals surface area (Å²) >= 11 is 0. The molecule has 1 nitrogen and oxygen atoms in total. The van der Waals surface area contributed by atoms with E-state index in [1.807, 2.05) is 38.1 Å². The van der Waals surface area contributed by atoms with Gasteiger partial charge in [-0.3, -0.25) is 4.79 Å². The molecule has 0 bridgehead atoms. The Bertz CT molecular complexity index is 1110. The summed E-state index contributed by atoms with van der Waals surface area (Å²) in [4.78, 5) is 13.3. The average Bonchev–Trinajstić information content (AvgIpc) is 2.58. The maximum atomic E-state index is 13.3. The normalized spacial score (nSPS) is 11.2. The van der Waals surface area contributed by atoms with E-state index in [2.05, 4.69) is 49.4 Å². The van der Waals surface area contributed by atoms with E-state index in [1.54, 1.807) is 0 Å². The molecule has 25 heavy (non-hydrogen) atoms. The lowest BCUT2D eigenvalue weighted by Gasteiger charge is -2.13. The molecule has 0 N–H and O–H groups in total. The first kappa shape index (κ1) is 15.6. The van der Waals surface area contributed by atoms with Crippen molar-refractivity contribution < 1.29 is 4.79 Å². The van der Waals surface area contributed by atoms with Crippen molar-refractivity contribution >= 4 is 27.3 Å². The summed E-state index contributed by atoms with van der Waals surface area (Å²) in [6.45, 7) is 6.11. The largest absolute Gasteiger partial charge is 0.289 e. The quantitative estimate of drug-likeness (QED) is 0.319. The van der Waals surface area contributed by atoms with Crippen LogP contribution in [0.1, 0.15) is 32.6 Å². The molecule has 0 aliphatic carbocycles. The molecule has 0 aliphatic rings. The van der Waals surface area contributed by atoms with Gasteiger partial charge in [-0.2, -0.15) is 0 Å². The van der Waals surface area contributed by atoms with Crippen LogP contribution in [0.5, 0.6) is 0 Å². The SMILES string of the molecule is Cc1cc(C)c(C(=O)c2cccc3cc4ccccc4cc23)c(C)c1. The van der Waals surface area contributed by atoms with Crippen LogP contribution in [0, 0.1) is 20.8 Å². The maximum Gasteiger partial charge on any atom is 0.194 e. The average molecular weight is 324 g/mol. The van der Waals surface area contributed by atoms with Crippen LogP contribution in [-0.2, 0) is 0 Å². The van der Waals surface area contributed by atoms with E-state index in [-0.39, 0.29) is 5.78 Å². The van der Waals surface area contributed by atoms with Crippen molar-refractivity contribution in [2.45, 2.75) is 20.8 Å². The van der Waals surface area contributed by atoms with E-state index in [9.17, 15) is 4.79 Å². The number of hydrogen-bond donors (Lipinski definition) is 0. The molecule has 0 radical (unpaired) electrons. The predicted molar refractivity (Wildman–Crippen MR) is 106 cm³/mol. The second-order valence-corrected chi connectivity index (χ2v) is 6.83. The van der Waals surface area contributed by atoms with Crippen LogP contribution < -0.4 is 0 Å². The topological polar surface area (TPSA) is 17.1 Å². The first-order valence-electron chi connectivity index (χ1n) is 8.58. The van der Waals surface area contributed by atoms with Crippen molar-refractivity contribution in [1.82, 2.24) is 0 Å². The first-order chi connectivity index (χ1) is 12.0. The van der Waals surface area contributed by atoms with Crippen LogP contribution in [0.3, 0.4) is 0 Å². The number of aryl methyl sites for hydroxylation is 3. The Balaban J connectivity index is 1.98. The van der Waals surface area contributed by atoms with E-state index in [0.29, 0.717) is 0 Å². The Kier molecular flexibility index (Phi) is 3.65. The third kappa shape index (κ3) is 2.62. The molecule has 4 rings (SSSR count). The van der Waals surface area contributed by atoms with Crippen LogP contribution in [0.4, 0.5) is 0 Å². The minimum atomic E-state index is 0.107. The monoisotopic (exact) mass is 324 g/mol. The van der Waals surface area contributed by atoms with Gasteiger partial charge in [0.15, 0.2) is 5.78 Å². The van der Waals surface area contributed by atoms with Crippen LogP contribution in [0.15, 0.2) is 66.7 Å². The van der Waals surface area contributed by atoms with Crippen LogP contribution >= 0.6 is 0 Å². The summed E-state index contributed by atoms with van der Waals surface area (Å²) in [7, 11) is 0. The molecule has 0 spiro atoms. The second-order valence-electron chi connectivity index (χ2n) is 6.83. The molecule has 0 fully saturated rings. The summed E-state index contributed by atoms with van der Waals surface area (Å²) in [5, 5.41) is 4.48. The predicted octanol–water partition coefficient (Wildman–Crippen LogP) is 6.15. The minimum absolute atomic E-state index is 0.107. The Labute approximate surface area is 147 Å². The van der Waals surface area contributed by atoms with Gasteiger partial charge in [0.05, 0.1) is 0 Å². The maximum absolute atomic E-state index is 13.3. The standard InChI is InChI=1S/C24H20O/c1-15-11-16(2)23(17(3)12-15)24(25)21-10-6-9-20-13-18-7-4-5-8-19(18)14-22(20)21/h4-14H,1-3H3. The number of benzene rings is 4. The second kappa shape index (κ2) is 5.86. The van der Waals surface area contributed by atoms with E-state index < -0.39 is 0 Å². The number of hydrogen-bond acceptors (Lipinski definition) is 1.